The molecule has 1 aromatic heterocycles. The van der Waals surface area contributed by atoms with Crippen molar-refractivity contribution >= 4 is 5.82 Å². The number of ether oxygens (including phenoxy) is 1. The number of hydrogen-bond acceptors (Lipinski definition) is 3. The summed E-state index contributed by atoms with van der Waals surface area (Å²) in [5, 5.41) is 0. The van der Waals surface area contributed by atoms with Gasteiger partial charge in [-0.25, -0.2) is 4.98 Å². The second kappa shape index (κ2) is 5.85. The number of unbranched alkanes of at least 4 members (excludes halogenated alkanes) is 1. The van der Waals surface area contributed by atoms with Crippen LogP contribution in [-0.2, 0) is 11.2 Å². The normalized spacial score (nSPS) is 20.1. The highest BCUT2D eigenvalue weighted by Crippen LogP contribution is 2.19. The number of nitrogen functional groups attached to an aromatic ring is 1. The Morgan fingerprint density at radius 3 is 3.12 bits per heavy atom. The summed E-state index contributed by atoms with van der Waals surface area (Å²) >= 11 is 0. The van der Waals surface area contributed by atoms with Gasteiger partial charge >= 0.3 is 0 Å². The van der Waals surface area contributed by atoms with E-state index in [1.54, 1.807) is 6.20 Å². The van der Waals surface area contributed by atoms with Gasteiger partial charge in [0, 0.05) is 12.8 Å². The van der Waals surface area contributed by atoms with Crippen LogP contribution in [-0.4, -0.2) is 17.7 Å². The van der Waals surface area contributed by atoms with E-state index in [1.165, 1.54) is 37.7 Å². The molecule has 2 N–H and O–H groups in total. The van der Waals surface area contributed by atoms with Crippen LogP contribution in [0.25, 0.3) is 0 Å². The maximum atomic E-state index is 5.79. The van der Waals surface area contributed by atoms with E-state index >= 15 is 0 Å². The summed E-state index contributed by atoms with van der Waals surface area (Å²) < 4.78 is 5.59. The Balaban J connectivity index is 1.66. The van der Waals surface area contributed by atoms with Crippen molar-refractivity contribution in [3.05, 3.63) is 23.9 Å². The molecule has 1 atom stereocenters. The van der Waals surface area contributed by atoms with Gasteiger partial charge in [-0.2, -0.15) is 0 Å². The Kier molecular flexibility index (Phi) is 4.17. The van der Waals surface area contributed by atoms with E-state index in [4.69, 9.17) is 10.5 Å². The summed E-state index contributed by atoms with van der Waals surface area (Å²) in [4.78, 5) is 4.09. The fraction of sp³-hybridized carbons (Fsp3) is 0.615. The largest absolute Gasteiger partial charge is 0.383 e. The molecule has 2 rings (SSSR count). The number of hydrogen-bond donors (Lipinski definition) is 1. The maximum absolute atomic E-state index is 5.79. The summed E-state index contributed by atoms with van der Waals surface area (Å²) in [6.45, 7) is 0.959. The quantitative estimate of drug-likeness (QED) is 0.776. The Labute approximate surface area is 97.0 Å². The van der Waals surface area contributed by atoms with Crippen molar-refractivity contribution in [1.29, 1.82) is 0 Å². The highest BCUT2D eigenvalue weighted by Gasteiger charge is 2.14. The molecule has 0 aromatic carbocycles. The highest BCUT2D eigenvalue weighted by atomic mass is 16.5. The van der Waals surface area contributed by atoms with Gasteiger partial charge in [0.2, 0.25) is 0 Å². The first kappa shape index (κ1) is 11.4. The van der Waals surface area contributed by atoms with E-state index in [1.807, 2.05) is 6.07 Å². The van der Waals surface area contributed by atoms with Crippen molar-refractivity contribution in [1.82, 2.24) is 4.98 Å². The third kappa shape index (κ3) is 3.20. The van der Waals surface area contributed by atoms with Crippen LogP contribution in [0.2, 0.25) is 0 Å². The number of pyridine rings is 1. The first-order chi connectivity index (χ1) is 7.86. The van der Waals surface area contributed by atoms with Crippen LogP contribution in [0.5, 0.6) is 0 Å². The highest BCUT2D eigenvalue weighted by molar-refractivity contribution is 5.38. The molecule has 1 unspecified atom stereocenters. The van der Waals surface area contributed by atoms with Crippen molar-refractivity contribution in [2.75, 3.05) is 12.3 Å². The molecule has 1 fully saturated rings. The van der Waals surface area contributed by atoms with Crippen molar-refractivity contribution < 1.29 is 4.74 Å². The molecular weight excluding hydrogens is 200 g/mol. The summed E-state index contributed by atoms with van der Waals surface area (Å²) in [6, 6.07) is 4.01. The Hall–Kier alpha value is -1.09. The molecule has 0 saturated carbocycles. The molecule has 2 heterocycles. The van der Waals surface area contributed by atoms with Crippen LogP contribution >= 0.6 is 0 Å². The minimum Gasteiger partial charge on any atom is -0.383 e. The number of anilines is 1. The van der Waals surface area contributed by atoms with E-state index in [2.05, 4.69) is 11.1 Å². The molecule has 3 nitrogen and oxygen atoms in total. The lowest BCUT2D eigenvalue weighted by Gasteiger charge is -2.09. The van der Waals surface area contributed by atoms with Crippen LogP contribution in [0.3, 0.4) is 0 Å². The smallest absolute Gasteiger partial charge is 0.126 e. The average Bonchev–Trinajstić information content (AvgIpc) is 2.79. The van der Waals surface area contributed by atoms with E-state index < -0.39 is 0 Å². The van der Waals surface area contributed by atoms with Gasteiger partial charge in [-0.05, 0) is 43.7 Å². The van der Waals surface area contributed by atoms with E-state index in [0.717, 1.165) is 13.0 Å². The minimum absolute atomic E-state index is 0.520. The summed E-state index contributed by atoms with van der Waals surface area (Å²) in [7, 11) is 0. The third-order valence-corrected chi connectivity index (χ3v) is 3.17. The van der Waals surface area contributed by atoms with Gasteiger partial charge < -0.3 is 10.5 Å². The molecule has 1 saturated heterocycles. The summed E-state index contributed by atoms with van der Waals surface area (Å²) in [5.74, 6) is 0.680. The van der Waals surface area contributed by atoms with Gasteiger partial charge in [-0.15, -0.1) is 0 Å². The standard InChI is InChI=1S/C13H20N2O/c14-13-11(6-3-9-15-13)5-1-2-7-12-8-4-10-16-12/h3,6,9,12H,1-2,4-5,7-8,10H2,(H2,14,15). The molecule has 1 aliphatic rings. The molecule has 3 heteroatoms. The summed E-state index contributed by atoms with van der Waals surface area (Å²) in [5.41, 5.74) is 6.96. The molecule has 0 aliphatic carbocycles. The maximum Gasteiger partial charge on any atom is 0.126 e. The molecule has 0 spiro atoms. The monoisotopic (exact) mass is 220 g/mol. The predicted octanol–water partition coefficient (Wildman–Crippen LogP) is 2.56. The number of nitrogens with zero attached hydrogens (tertiary/aromatic N) is 1. The molecule has 0 radical (unpaired) electrons. The molecular formula is C13H20N2O. The summed E-state index contributed by atoms with van der Waals surface area (Å²) in [6.07, 6.45) is 9.37. The van der Waals surface area contributed by atoms with E-state index in [-0.39, 0.29) is 0 Å². The fourth-order valence-electron chi connectivity index (χ4n) is 2.22. The number of aryl methyl sites for hydroxylation is 1. The number of aromatic nitrogens is 1. The van der Waals surface area contributed by atoms with Gasteiger partial charge in [-0.1, -0.05) is 12.5 Å². The van der Waals surface area contributed by atoms with Gasteiger partial charge in [-0.3, -0.25) is 0 Å². The van der Waals surface area contributed by atoms with Crippen molar-refractivity contribution in [2.45, 2.75) is 44.6 Å². The number of nitrogens with two attached hydrogens (primary N) is 1. The molecule has 88 valence electrons. The van der Waals surface area contributed by atoms with Gasteiger partial charge in [0.15, 0.2) is 0 Å². The molecule has 1 aliphatic heterocycles. The van der Waals surface area contributed by atoms with Crippen molar-refractivity contribution in [3.8, 4) is 0 Å². The Morgan fingerprint density at radius 1 is 1.44 bits per heavy atom. The first-order valence-electron chi connectivity index (χ1n) is 6.17. The lowest BCUT2D eigenvalue weighted by atomic mass is 10.0. The lowest BCUT2D eigenvalue weighted by molar-refractivity contribution is 0.102. The molecule has 16 heavy (non-hydrogen) atoms. The molecule has 1 aromatic rings. The lowest BCUT2D eigenvalue weighted by Crippen LogP contribution is -2.04. The zero-order valence-corrected chi connectivity index (χ0v) is 9.69. The van der Waals surface area contributed by atoms with Crippen LogP contribution in [0.4, 0.5) is 5.82 Å². The topological polar surface area (TPSA) is 48.1 Å². The second-order valence-corrected chi connectivity index (χ2v) is 4.43. The SMILES string of the molecule is Nc1ncccc1CCCCC1CCCO1. The number of rotatable bonds is 5. The molecule has 0 bridgehead atoms. The Morgan fingerprint density at radius 2 is 2.38 bits per heavy atom. The van der Waals surface area contributed by atoms with Crippen LogP contribution < -0.4 is 5.73 Å². The average molecular weight is 220 g/mol. The van der Waals surface area contributed by atoms with Crippen LogP contribution in [0.15, 0.2) is 18.3 Å². The van der Waals surface area contributed by atoms with Gasteiger partial charge in [0.1, 0.15) is 5.82 Å². The predicted molar refractivity (Wildman–Crippen MR) is 65.2 cm³/mol. The van der Waals surface area contributed by atoms with Gasteiger partial charge in [0.05, 0.1) is 6.10 Å². The Bertz CT molecular complexity index is 321. The van der Waals surface area contributed by atoms with Crippen molar-refractivity contribution in [2.24, 2.45) is 0 Å². The minimum atomic E-state index is 0.520. The zero-order valence-electron chi connectivity index (χ0n) is 9.69. The van der Waals surface area contributed by atoms with E-state index in [0.29, 0.717) is 11.9 Å². The second-order valence-electron chi connectivity index (χ2n) is 4.43. The zero-order chi connectivity index (χ0) is 11.2. The van der Waals surface area contributed by atoms with Gasteiger partial charge in [0.25, 0.3) is 0 Å². The van der Waals surface area contributed by atoms with Crippen LogP contribution in [0.1, 0.15) is 37.7 Å². The first-order valence-corrected chi connectivity index (χ1v) is 6.17. The molecule has 0 amide bonds. The van der Waals surface area contributed by atoms with Crippen molar-refractivity contribution in [3.63, 3.8) is 0 Å². The van der Waals surface area contributed by atoms with E-state index in [9.17, 15) is 0 Å². The fourth-order valence-corrected chi connectivity index (χ4v) is 2.22. The third-order valence-electron chi connectivity index (χ3n) is 3.17. The van der Waals surface area contributed by atoms with Crippen LogP contribution in [0, 0.1) is 0 Å².